The van der Waals surface area contributed by atoms with Crippen LogP contribution in [0.2, 0.25) is 0 Å². The van der Waals surface area contributed by atoms with E-state index < -0.39 is 0 Å². The minimum atomic E-state index is 0.444. The van der Waals surface area contributed by atoms with Gasteiger partial charge in [0.1, 0.15) is 0 Å². The Labute approximate surface area is 188 Å². The average Bonchev–Trinajstić information content (AvgIpc) is 2.79. The number of anilines is 2. The van der Waals surface area contributed by atoms with Gasteiger partial charge in [0.2, 0.25) is 0 Å². The van der Waals surface area contributed by atoms with Crippen molar-refractivity contribution in [3.05, 3.63) is 83.9 Å². The predicted octanol–water partition coefficient (Wildman–Crippen LogP) is 6.42. The Bertz CT molecular complexity index is 1000. The van der Waals surface area contributed by atoms with Gasteiger partial charge in [-0.3, -0.25) is 4.90 Å². The van der Waals surface area contributed by atoms with Crippen molar-refractivity contribution < 1.29 is 0 Å². The summed E-state index contributed by atoms with van der Waals surface area (Å²) in [6.45, 7) is 7.89. The van der Waals surface area contributed by atoms with E-state index in [0.717, 1.165) is 32.7 Å². The molecule has 0 spiro atoms. The first kappa shape index (κ1) is 20.0. The van der Waals surface area contributed by atoms with Crippen LogP contribution in [0.15, 0.2) is 82.6 Å². The third kappa shape index (κ3) is 4.54. The van der Waals surface area contributed by atoms with Crippen molar-refractivity contribution in [1.29, 1.82) is 0 Å². The van der Waals surface area contributed by atoms with Crippen LogP contribution in [-0.4, -0.2) is 35.4 Å². The molecule has 3 aromatic carbocycles. The average molecular weight is 434 g/mol. The molecule has 2 aliphatic heterocycles. The number of nitrogens with one attached hydrogen (secondary N) is 1. The summed E-state index contributed by atoms with van der Waals surface area (Å²) in [6, 6.07) is 26.2. The van der Waals surface area contributed by atoms with Crippen LogP contribution in [0.4, 0.5) is 11.4 Å². The summed E-state index contributed by atoms with van der Waals surface area (Å²) in [5, 5.41) is 4.06. The molecule has 1 saturated heterocycles. The van der Waals surface area contributed by atoms with E-state index in [1.54, 1.807) is 0 Å². The first-order valence-corrected chi connectivity index (χ1v) is 12.3. The number of piperazine rings is 1. The minimum absolute atomic E-state index is 0.444. The Kier molecular flexibility index (Phi) is 6.05. The second-order valence-corrected chi connectivity index (χ2v) is 10.4. The Morgan fingerprint density at radius 2 is 1.60 bits per heavy atom. The fourth-order valence-corrected chi connectivity index (χ4v) is 6.09. The van der Waals surface area contributed by atoms with Crippen LogP contribution in [0, 0.1) is 0 Å². The monoisotopic (exact) mass is 433 g/mol. The smallest absolute Gasteiger partial charge is 0.0529 e. The molecule has 0 aliphatic carbocycles. The van der Waals surface area contributed by atoms with E-state index >= 15 is 0 Å². The number of para-hydroxylation sites is 1. The van der Waals surface area contributed by atoms with E-state index in [4.69, 9.17) is 0 Å². The molecule has 1 unspecified atom stereocenters. The van der Waals surface area contributed by atoms with E-state index in [9.17, 15) is 0 Å². The molecular formula is C25H27N3S2. The quantitative estimate of drug-likeness (QED) is 0.365. The third-order valence-electron chi connectivity index (χ3n) is 5.74. The largest absolute Gasteiger partial charge is 0.354 e. The molecule has 3 nitrogen and oxygen atoms in total. The van der Waals surface area contributed by atoms with E-state index in [0.29, 0.717) is 5.25 Å². The summed E-state index contributed by atoms with van der Waals surface area (Å²) in [5.74, 6) is 0. The molecule has 2 aliphatic rings. The van der Waals surface area contributed by atoms with Gasteiger partial charge < -0.3 is 5.32 Å². The standard InChI is InChI=1S/C25H27N3S2/c1-19(30-28-15-13-27(14-16-28)18-20-7-3-2-4-8-20)21-11-12-25-23(17-21)26-22-9-5-6-10-24(22)29-25/h2-12,17,19,26H,13-16,18H2,1H3. The zero-order chi connectivity index (χ0) is 20.3. The van der Waals surface area contributed by atoms with Crippen molar-refractivity contribution in [3.8, 4) is 0 Å². The molecule has 0 aromatic heterocycles. The van der Waals surface area contributed by atoms with Crippen molar-refractivity contribution in [2.24, 2.45) is 0 Å². The fraction of sp³-hybridized carbons (Fsp3) is 0.280. The second kappa shape index (κ2) is 9.06. The molecule has 2 heterocycles. The lowest BCUT2D eigenvalue weighted by Crippen LogP contribution is -2.43. The first-order chi connectivity index (χ1) is 14.7. The summed E-state index contributed by atoms with van der Waals surface area (Å²) >= 11 is 3.84. The number of hydrogen-bond donors (Lipinski definition) is 1. The lowest BCUT2D eigenvalue weighted by Gasteiger charge is -2.35. The molecule has 5 heteroatoms. The van der Waals surface area contributed by atoms with E-state index in [-0.39, 0.29) is 0 Å². The van der Waals surface area contributed by atoms with E-state index in [1.165, 1.54) is 32.3 Å². The van der Waals surface area contributed by atoms with Crippen LogP contribution in [-0.2, 0) is 6.54 Å². The van der Waals surface area contributed by atoms with Crippen molar-refractivity contribution in [2.45, 2.75) is 28.5 Å². The van der Waals surface area contributed by atoms with Crippen LogP contribution >= 0.6 is 23.7 Å². The van der Waals surface area contributed by atoms with E-state index in [2.05, 4.69) is 94.2 Å². The molecule has 3 aromatic rings. The maximum Gasteiger partial charge on any atom is 0.0529 e. The minimum Gasteiger partial charge on any atom is -0.354 e. The molecule has 0 bridgehead atoms. The van der Waals surface area contributed by atoms with Crippen LogP contribution < -0.4 is 5.32 Å². The highest BCUT2D eigenvalue weighted by molar-refractivity contribution is 7.99. The highest BCUT2D eigenvalue weighted by Gasteiger charge is 2.21. The first-order valence-electron chi connectivity index (χ1n) is 10.6. The van der Waals surface area contributed by atoms with Gasteiger partial charge in [0.25, 0.3) is 0 Å². The SMILES string of the molecule is CC(SN1CCN(Cc2ccccc2)CC1)c1ccc2c(c1)Nc1ccccc1S2. The zero-order valence-electron chi connectivity index (χ0n) is 17.3. The van der Waals surface area contributed by atoms with Crippen molar-refractivity contribution in [2.75, 3.05) is 31.5 Å². The number of hydrogen-bond acceptors (Lipinski definition) is 5. The molecular weight excluding hydrogens is 406 g/mol. The highest BCUT2D eigenvalue weighted by atomic mass is 32.2. The molecule has 1 fully saturated rings. The van der Waals surface area contributed by atoms with Crippen LogP contribution in [0.5, 0.6) is 0 Å². The summed E-state index contributed by atoms with van der Waals surface area (Å²) in [4.78, 5) is 5.17. The fourth-order valence-electron chi connectivity index (χ4n) is 4.03. The van der Waals surface area contributed by atoms with E-state index in [1.807, 2.05) is 23.7 Å². The second-order valence-electron chi connectivity index (χ2n) is 7.92. The summed E-state index contributed by atoms with van der Waals surface area (Å²) in [5.41, 5.74) is 5.24. The zero-order valence-corrected chi connectivity index (χ0v) is 18.9. The predicted molar refractivity (Wildman–Crippen MR) is 130 cm³/mol. The van der Waals surface area contributed by atoms with Crippen LogP contribution in [0.25, 0.3) is 0 Å². The number of nitrogens with zero attached hydrogens (tertiary/aromatic N) is 2. The molecule has 0 radical (unpaired) electrons. The number of rotatable bonds is 5. The molecule has 30 heavy (non-hydrogen) atoms. The molecule has 154 valence electrons. The molecule has 1 atom stereocenters. The lowest BCUT2D eigenvalue weighted by atomic mass is 10.1. The molecule has 5 rings (SSSR count). The van der Waals surface area contributed by atoms with Crippen LogP contribution in [0.1, 0.15) is 23.3 Å². The van der Waals surface area contributed by atoms with Gasteiger partial charge in [0.05, 0.1) is 11.4 Å². The summed E-state index contributed by atoms with van der Waals surface area (Å²) in [7, 11) is 0. The maximum atomic E-state index is 3.62. The normalized spacial score (nSPS) is 17.6. The molecule has 1 N–H and O–H groups in total. The van der Waals surface area contributed by atoms with Crippen molar-refractivity contribution in [3.63, 3.8) is 0 Å². The number of fused-ring (bicyclic) bond motifs is 2. The van der Waals surface area contributed by atoms with Gasteiger partial charge in [-0.2, -0.15) is 0 Å². The summed E-state index contributed by atoms with van der Waals surface area (Å²) in [6.07, 6.45) is 0. The van der Waals surface area contributed by atoms with Gasteiger partial charge in [-0.25, -0.2) is 4.31 Å². The van der Waals surface area contributed by atoms with Gasteiger partial charge in [-0.15, -0.1) is 0 Å². The molecule has 0 amide bonds. The van der Waals surface area contributed by atoms with Gasteiger partial charge in [0.15, 0.2) is 0 Å². The Morgan fingerprint density at radius 3 is 2.43 bits per heavy atom. The van der Waals surface area contributed by atoms with Gasteiger partial charge in [-0.1, -0.05) is 72.2 Å². The third-order valence-corrected chi connectivity index (χ3v) is 8.14. The number of benzene rings is 3. The Balaban J connectivity index is 1.17. The Morgan fingerprint density at radius 1 is 0.867 bits per heavy atom. The van der Waals surface area contributed by atoms with Gasteiger partial charge in [0, 0.05) is 47.8 Å². The summed E-state index contributed by atoms with van der Waals surface area (Å²) < 4.78 is 2.54. The lowest BCUT2D eigenvalue weighted by molar-refractivity contribution is 0.189. The van der Waals surface area contributed by atoms with Crippen LogP contribution in [0.3, 0.4) is 0 Å². The van der Waals surface area contributed by atoms with Gasteiger partial charge >= 0.3 is 0 Å². The van der Waals surface area contributed by atoms with Gasteiger partial charge in [-0.05, 0) is 42.3 Å². The Hall–Kier alpha value is -1.92. The maximum absolute atomic E-state index is 3.62. The van der Waals surface area contributed by atoms with Crippen molar-refractivity contribution >= 4 is 35.1 Å². The topological polar surface area (TPSA) is 18.5 Å². The molecule has 0 saturated carbocycles. The van der Waals surface area contributed by atoms with Crippen molar-refractivity contribution in [1.82, 2.24) is 9.21 Å². The highest BCUT2D eigenvalue weighted by Crippen LogP contribution is 2.45.